The molecule has 0 aliphatic rings. The zero-order chi connectivity index (χ0) is 23.6. The lowest BCUT2D eigenvalue weighted by molar-refractivity contribution is -0.137. The predicted octanol–water partition coefficient (Wildman–Crippen LogP) is 5.88. The lowest BCUT2D eigenvalue weighted by Gasteiger charge is -2.14. The summed E-state index contributed by atoms with van der Waals surface area (Å²) in [5.41, 5.74) is 0.374. The summed E-state index contributed by atoms with van der Waals surface area (Å²) in [4.78, 5) is 14.9. The van der Waals surface area contributed by atoms with Gasteiger partial charge in [-0.25, -0.2) is 9.37 Å². The van der Waals surface area contributed by atoms with Gasteiger partial charge in [-0.05, 0) is 41.5 Å². The van der Waals surface area contributed by atoms with E-state index in [1.165, 1.54) is 30.3 Å². The highest BCUT2D eigenvalue weighted by molar-refractivity contribution is 5.78. The minimum absolute atomic E-state index is 0.00608. The summed E-state index contributed by atoms with van der Waals surface area (Å²) in [7, 11) is 0. The number of hydrogen-bond donors (Lipinski definition) is 2. The monoisotopic (exact) mass is 458 g/mol. The molecule has 1 heterocycles. The summed E-state index contributed by atoms with van der Waals surface area (Å²) in [5, 5.41) is 11.7. The Labute approximate surface area is 185 Å². The van der Waals surface area contributed by atoms with Crippen molar-refractivity contribution < 1.29 is 31.9 Å². The number of carbonyl (C=O) groups is 1. The molecule has 4 rings (SSSR count). The number of alkyl halides is 3. The average molecular weight is 458 g/mol. The lowest BCUT2D eigenvalue weighted by Crippen LogP contribution is -2.17. The Morgan fingerprint density at radius 3 is 2.55 bits per heavy atom. The Morgan fingerprint density at radius 2 is 1.82 bits per heavy atom. The number of nitrogens with zero attached hydrogens (tertiary/aromatic N) is 1. The van der Waals surface area contributed by atoms with Gasteiger partial charge in [0.15, 0.2) is 5.58 Å². The summed E-state index contributed by atoms with van der Waals surface area (Å²) in [6.45, 7) is 0.701. The average Bonchev–Trinajstić information content (AvgIpc) is 3.19. The molecule has 0 fully saturated rings. The molecule has 0 amide bonds. The zero-order valence-electron chi connectivity index (χ0n) is 17.1. The minimum atomic E-state index is -4.71. The molecular formula is C24H18F4N2O3. The Kier molecular flexibility index (Phi) is 6.15. The van der Waals surface area contributed by atoms with E-state index in [4.69, 9.17) is 9.52 Å². The number of carboxylic acids is 1. The number of aromatic nitrogens is 1. The number of nitrogens with one attached hydrogen (secondary N) is 1. The quantitative estimate of drug-likeness (QED) is 0.267. The third-order valence-electron chi connectivity index (χ3n) is 5.03. The Balaban J connectivity index is 1.66. The summed E-state index contributed by atoms with van der Waals surface area (Å²) in [6, 6.07) is 13.9. The number of rotatable bonds is 7. The normalized spacial score (nSPS) is 11.8. The van der Waals surface area contributed by atoms with E-state index in [0.29, 0.717) is 24.2 Å². The number of carboxylic acid groups (broad SMARTS) is 1. The van der Waals surface area contributed by atoms with Crippen molar-refractivity contribution in [1.29, 1.82) is 0 Å². The summed E-state index contributed by atoms with van der Waals surface area (Å²) in [6.07, 6.45) is -4.73. The van der Waals surface area contributed by atoms with Gasteiger partial charge in [0, 0.05) is 24.2 Å². The van der Waals surface area contributed by atoms with Crippen LogP contribution in [0.25, 0.3) is 33.7 Å². The van der Waals surface area contributed by atoms with Gasteiger partial charge < -0.3 is 14.8 Å². The van der Waals surface area contributed by atoms with Crippen LogP contribution in [-0.4, -0.2) is 22.6 Å². The molecule has 2 N–H and O–H groups in total. The van der Waals surface area contributed by atoms with Crippen LogP contribution in [0.3, 0.4) is 0 Å². The highest BCUT2D eigenvalue weighted by Crippen LogP contribution is 2.40. The maximum atomic E-state index is 14.2. The molecule has 0 aliphatic heterocycles. The van der Waals surface area contributed by atoms with Crippen molar-refractivity contribution in [2.75, 3.05) is 6.54 Å². The van der Waals surface area contributed by atoms with Gasteiger partial charge in [0.2, 0.25) is 5.89 Å². The van der Waals surface area contributed by atoms with Crippen molar-refractivity contribution >= 4 is 17.1 Å². The molecule has 4 aromatic rings. The molecule has 0 radical (unpaired) electrons. The van der Waals surface area contributed by atoms with Crippen molar-refractivity contribution in [3.63, 3.8) is 0 Å². The standard InChI is InChI=1S/C24H18F4N2O3/c25-19-4-2-1-3-17(19)16-7-6-15(12-18(16)24(26,27)28)23-30-20-11-14(5-8-21(20)33-23)13-29-10-9-22(31)32/h1-8,11-12,29H,9-10,13H2,(H,31,32). The molecule has 0 unspecified atom stereocenters. The maximum absolute atomic E-state index is 14.2. The van der Waals surface area contributed by atoms with Crippen molar-refractivity contribution in [2.45, 2.75) is 19.1 Å². The third-order valence-corrected chi connectivity index (χ3v) is 5.03. The smallest absolute Gasteiger partial charge is 0.417 e. The Morgan fingerprint density at radius 1 is 1.03 bits per heavy atom. The van der Waals surface area contributed by atoms with Crippen LogP contribution in [-0.2, 0) is 17.5 Å². The second kappa shape index (κ2) is 9.03. The highest BCUT2D eigenvalue weighted by atomic mass is 19.4. The molecule has 1 aromatic heterocycles. The van der Waals surface area contributed by atoms with Gasteiger partial charge in [-0.2, -0.15) is 13.2 Å². The van der Waals surface area contributed by atoms with Crippen LogP contribution in [0.1, 0.15) is 17.5 Å². The predicted molar refractivity (Wildman–Crippen MR) is 114 cm³/mol. The fourth-order valence-corrected chi connectivity index (χ4v) is 3.46. The molecule has 0 bridgehead atoms. The highest BCUT2D eigenvalue weighted by Gasteiger charge is 2.35. The first kappa shape index (κ1) is 22.5. The second-order valence-corrected chi connectivity index (χ2v) is 7.38. The number of oxazole rings is 1. The molecular weight excluding hydrogens is 440 g/mol. The van der Waals surface area contributed by atoms with Crippen molar-refractivity contribution in [1.82, 2.24) is 10.3 Å². The van der Waals surface area contributed by atoms with E-state index in [1.54, 1.807) is 18.2 Å². The zero-order valence-corrected chi connectivity index (χ0v) is 17.1. The molecule has 0 saturated heterocycles. The minimum Gasteiger partial charge on any atom is -0.481 e. The second-order valence-electron chi connectivity index (χ2n) is 7.38. The Hall–Kier alpha value is -3.72. The van der Waals surface area contributed by atoms with E-state index in [2.05, 4.69) is 10.3 Å². The first-order valence-electron chi connectivity index (χ1n) is 10.0. The molecule has 0 spiro atoms. The topological polar surface area (TPSA) is 75.4 Å². The Bertz CT molecular complexity index is 1310. The fourth-order valence-electron chi connectivity index (χ4n) is 3.46. The van der Waals surface area contributed by atoms with Crippen LogP contribution in [0.2, 0.25) is 0 Å². The van der Waals surface area contributed by atoms with E-state index in [-0.39, 0.29) is 29.0 Å². The van der Waals surface area contributed by atoms with Gasteiger partial charge in [-0.15, -0.1) is 0 Å². The van der Waals surface area contributed by atoms with Crippen molar-refractivity contribution in [3.05, 3.63) is 77.6 Å². The fraction of sp³-hybridized carbons (Fsp3) is 0.167. The van der Waals surface area contributed by atoms with Crippen molar-refractivity contribution in [2.24, 2.45) is 0 Å². The molecule has 0 saturated carbocycles. The molecule has 170 valence electrons. The number of aliphatic carboxylic acids is 1. The largest absolute Gasteiger partial charge is 0.481 e. The third kappa shape index (κ3) is 5.04. The molecule has 9 heteroatoms. The van der Waals surface area contributed by atoms with Crippen LogP contribution >= 0.6 is 0 Å². The van der Waals surface area contributed by atoms with Crippen LogP contribution in [0.4, 0.5) is 17.6 Å². The van der Waals surface area contributed by atoms with E-state index in [1.807, 2.05) is 0 Å². The van der Waals surface area contributed by atoms with Gasteiger partial charge >= 0.3 is 12.1 Å². The summed E-state index contributed by atoms with van der Waals surface area (Å²) >= 11 is 0. The van der Waals surface area contributed by atoms with E-state index < -0.39 is 23.5 Å². The van der Waals surface area contributed by atoms with Crippen LogP contribution in [0.5, 0.6) is 0 Å². The van der Waals surface area contributed by atoms with E-state index in [9.17, 15) is 22.4 Å². The van der Waals surface area contributed by atoms with Gasteiger partial charge in [0.05, 0.1) is 12.0 Å². The SMILES string of the molecule is O=C(O)CCNCc1ccc2oc(-c3ccc(-c4ccccc4F)c(C(F)(F)F)c3)nc2c1. The molecule has 5 nitrogen and oxygen atoms in total. The van der Waals surface area contributed by atoms with Gasteiger partial charge in [-0.3, -0.25) is 4.79 Å². The lowest BCUT2D eigenvalue weighted by atomic mass is 9.96. The first-order chi connectivity index (χ1) is 15.7. The van der Waals surface area contributed by atoms with E-state index in [0.717, 1.165) is 17.7 Å². The molecule has 0 atom stereocenters. The summed E-state index contributed by atoms with van der Waals surface area (Å²) < 4.78 is 61.2. The van der Waals surface area contributed by atoms with Crippen LogP contribution < -0.4 is 5.32 Å². The van der Waals surface area contributed by atoms with E-state index >= 15 is 0 Å². The van der Waals surface area contributed by atoms with Crippen molar-refractivity contribution in [3.8, 4) is 22.6 Å². The summed E-state index contributed by atoms with van der Waals surface area (Å²) in [5.74, 6) is -1.65. The number of hydrogen-bond acceptors (Lipinski definition) is 4. The first-order valence-corrected chi connectivity index (χ1v) is 10.0. The number of halogens is 4. The van der Waals surface area contributed by atoms with Gasteiger partial charge in [0.25, 0.3) is 0 Å². The van der Waals surface area contributed by atoms with Gasteiger partial charge in [-0.1, -0.05) is 30.3 Å². The van der Waals surface area contributed by atoms with Crippen LogP contribution in [0.15, 0.2) is 65.1 Å². The number of fused-ring (bicyclic) bond motifs is 1. The molecule has 3 aromatic carbocycles. The molecule has 0 aliphatic carbocycles. The molecule has 33 heavy (non-hydrogen) atoms. The maximum Gasteiger partial charge on any atom is 0.417 e. The van der Waals surface area contributed by atoms with Crippen LogP contribution in [0, 0.1) is 5.82 Å². The van der Waals surface area contributed by atoms with Gasteiger partial charge in [0.1, 0.15) is 11.3 Å². The number of benzene rings is 3.